The molecule has 118 valence electrons. The Kier molecular flexibility index (Phi) is 3.55. The molecule has 1 saturated heterocycles. The van der Waals surface area contributed by atoms with Gasteiger partial charge in [-0.15, -0.1) is 11.3 Å². The molecule has 0 aromatic carbocycles. The third-order valence-corrected chi connectivity index (χ3v) is 6.62. The summed E-state index contributed by atoms with van der Waals surface area (Å²) in [5, 5.41) is 10.8. The van der Waals surface area contributed by atoms with Crippen LogP contribution in [0.3, 0.4) is 0 Å². The Balaban J connectivity index is 1.77. The number of amides is 2. The van der Waals surface area contributed by atoms with E-state index in [1.165, 1.54) is 16.2 Å². The van der Waals surface area contributed by atoms with Crippen molar-refractivity contribution in [3.05, 3.63) is 27.1 Å². The Morgan fingerprint density at radius 2 is 1.96 bits per heavy atom. The number of hydrogen-bond donors (Lipinski definition) is 0. The monoisotopic (exact) mass is 346 g/mol. The second kappa shape index (κ2) is 5.47. The van der Waals surface area contributed by atoms with Crippen molar-refractivity contribution in [3.63, 3.8) is 0 Å². The fourth-order valence-electron chi connectivity index (χ4n) is 3.85. The Bertz CT molecular complexity index is 789. The van der Waals surface area contributed by atoms with E-state index in [9.17, 15) is 14.9 Å². The van der Waals surface area contributed by atoms with Crippen molar-refractivity contribution in [2.45, 2.75) is 38.5 Å². The van der Waals surface area contributed by atoms with Gasteiger partial charge in [-0.3, -0.25) is 9.59 Å². The highest BCUT2D eigenvalue weighted by molar-refractivity contribution is 7.17. The average molecular weight is 347 g/mol. The number of carbonyl (C=O) groups is 2. The molecule has 2 heterocycles. The summed E-state index contributed by atoms with van der Waals surface area (Å²) >= 11 is 7.51. The van der Waals surface area contributed by atoms with Gasteiger partial charge < -0.3 is 0 Å². The molecule has 0 N–H and O–H groups in total. The lowest BCUT2D eigenvalue weighted by molar-refractivity contribution is -0.122. The summed E-state index contributed by atoms with van der Waals surface area (Å²) in [5.74, 6) is -1.06. The molecule has 2 atom stereocenters. The molecule has 0 radical (unpaired) electrons. The summed E-state index contributed by atoms with van der Waals surface area (Å²) < 4.78 is 0. The standard InChI is InChI=1S/C17H15ClN2O2S/c18-9-5-6-11-12(7-9)16(22)20(15(11)21)17-13(8-19)10-3-1-2-4-14(10)23-17/h5,11-12H,1-4,6-7H2/t11-,12+/m1/s1. The highest BCUT2D eigenvalue weighted by atomic mass is 35.5. The van der Waals surface area contributed by atoms with Crippen LogP contribution in [0.5, 0.6) is 0 Å². The van der Waals surface area contributed by atoms with E-state index in [1.807, 2.05) is 6.08 Å². The summed E-state index contributed by atoms with van der Waals surface area (Å²) in [6, 6.07) is 2.24. The molecule has 4 rings (SSSR count). The van der Waals surface area contributed by atoms with Crippen LogP contribution in [-0.4, -0.2) is 11.8 Å². The molecule has 3 aliphatic rings. The zero-order chi connectivity index (χ0) is 16.1. The molecule has 0 saturated carbocycles. The number of nitriles is 1. The van der Waals surface area contributed by atoms with Gasteiger partial charge in [-0.25, -0.2) is 4.90 Å². The number of anilines is 1. The van der Waals surface area contributed by atoms with Crippen molar-refractivity contribution in [2.75, 3.05) is 4.90 Å². The van der Waals surface area contributed by atoms with Gasteiger partial charge in [-0.05, 0) is 44.1 Å². The lowest BCUT2D eigenvalue weighted by Crippen LogP contribution is -2.30. The maximum absolute atomic E-state index is 12.8. The van der Waals surface area contributed by atoms with Crippen LogP contribution in [-0.2, 0) is 22.4 Å². The van der Waals surface area contributed by atoms with Gasteiger partial charge >= 0.3 is 0 Å². The third kappa shape index (κ3) is 2.16. The zero-order valence-corrected chi connectivity index (χ0v) is 14.0. The first-order chi connectivity index (χ1) is 11.1. The summed E-state index contributed by atoms with van der Waals surface area (Å²) in [6.07, 6.45) is 6.74. The number of allylic oxidation sites excluding steroid dienone is 2. The average Bonchev–Trinajstić information content (AvgIpc) is 3.03. The fourth-order valence-corrected chi connectivity index (χ4v) is 5.46. The number of fused-ring (bicyclic) bond motifs is 2. The van der Waals surface area contributed by atoms with E-state index < -0.39 is 0 Å². The SMILES string of the molecule is N#Cc1c(N2C(=O)[C@H]3CC(Cl)=CC[C@H]3C2=O)sc2c1CCCC2. The lowest BCUT2D eigenvalue weighted by Gasteiger charge is -2.17. The molecule has 0 spiro atoms. The smallest absolute Gasteiger partial charge is 0.238 e. The first kappa shape index (κ1) is 14.9. The number of halogens is 1. The predicted molar refractivity (Wildman–Crippen MR) is 88.3 cm³/mol. The molecule has 2 aliphatic carbocycles. The molecule has 6 heteroatoms. The molecule has 1 fully saturated rings. The minimum atomic E-state index is -0.370. The maximum Gasteiger partial charge on any atom is 0.238 e. The van der Waals surface area contributed by atoms with E-state index >= 15 is 0 Å². The third-order valence-electron chi connectivity index (χ3n) is 5.04. The maximum atomic E-state index is 12.8. The minimum absolute atomic E-state index is 0.171. The Labute approximate surface area is 143 Å². The van der Waals surface area contributed by atoms with Crippen molar-refractivity contribution in [3.8, 4) is 6.07 Å². The Morgan fingerprint density at radius 1 is 1.22 bits per heavy atom. The summed E-state index contributed by atoms with van der Waals surface area (Å²) in [5.41, 5.74) is 1.58. The van der Waals surface area contributed by atoms with Gasteiger partial charge in [-0.2, -0.15) is 5.26 Å². The van der Waals surface area contributed by atoms with Gasteiger partial charge in [0.15, 0.2) is 0 Å². The van der Waals surface area contributed by atoms with Crippen LogP contribution in [0.15, 0.2) is 11.1 Å². The van der Waals surface area contributed by atoms with Crippen LogP contribution in [0.4, 0.5) is 5.00 Å². The zero-order valence-electron chi connectivity index (χ0n) is 12.5. The molecule has 1 aliphatic heterocycles. The van der Waals surface area contributed by atoms with Gasteiger partial charge in [0.2, 0.25) is 11.8 Å². The molecule has 0 unspecified atom stereocenters. The van der Waals surface area contributed by atoms with Crippen molar-refractivity contribution in [2.24, 2.45) is 11.8 Å². The van der Waals surface area contributed by atoms with E-state index in [2.05, 4.69) is 6.07 Å². The number of thiophene rings is 1. The van der Waals surface area contributed by atoms with Gasteiger partial charge in [0.05, 0.1) is 17.4 Å². The molecule has 1 aromatic heterocycles. The second-order valence-corrected chi connectivity index (χ2v) is 7.89. The second-order valence-electron chi connectivity index (χ2n) is 6.32. The molecule has 1 aromatic rings. The van der Waals surface area contributed by atoms with E-state index in [0.29, 0.717) is 28.4 Å². The molecular weight excluding hydrogens is 332 g/mol. The van der Waals surface area contributed by atoms with Crippen LogP contribution < -0.4 is 4.90 Å². The number of rotatable bonds is 1. The molecule has 4 nitrogen and oxygen atoms in total. The van der Waals surface area contributed by atoms with Crippen molar-refractivity contribution in [1.29, 1.82) is 5.26 Å². The number of nitrogens with zero attached hydrogens (tertiary/aromatic N) is 2. The van der Waals surface area contributed by atoms with Crippen LogP contribution in [0.1, 0.15) is 41.7 Å². The highest BCUT2D eigenvalue weighted by Crippen LogP contribution is 2.46. The van der Waals surface area contributed by atoms with Crippen molar-refractivity contribution < 1.29 is 9.59 Å². The predicted octanol–water partition coefficient (Wildman–Crippen LogP) is 3.52. The largest absolute Gasteiger partial charge is 0.274 e. The van der Waals surface area contributed by atoms with Gasteiger partial charge in [0.1, 0.15) is 11.1 Å². The van der Waals surface area contributed by atoms with E-state index in [4.69, 9.17) is 11.6 Å². The number of imide groups is 1. The number of carbonyl (C=O) groups excluding carboxylic acids is 2. The van der Waals surface area contributed by atoms with Gasteiger partial charge in [0, 0.05) is 9.91 Å². The van der Waals surface area contributed by atoms with E-state index in [-0.39, 0.29) is 23.7 Å². The summed E-state index contributed by atoms with van der Waals surface area (Å²) in [4.78, 5) is 28.0. The van der Waals surface area contributed by atoms with Crippen LogP contribution >= 0.6 is 22.9 Å². The first-order valence-electron chi connectivity index (χ1n) is 7.88. The summed E-state index contributed by atoms with van der Waals surface area (Å²) in [6.45, 7) is 0. The van der Waals surface area contributed by atoms with Gasteiger partial charge in [0.25, 0.3) is 0 Å². The minimum Gasteiger partial charge on any atom is -0.274 e. The van der Waals surface area contributed by atoms with Crippen LogP contribution in [0.2, 0.25) is 0 Å². The summed E-state index contributed by atoms with van der Waals surface area (Å²) in [7, 11) is 0. The quantitative estimate of drug-likeness (QED) is 0.731. The Morgan fingerprint density at radius 3 is 2.74 bits per heavy atom. The first-order valence-corrected chi connectivity index (χ1v) is 9.08. The molecule has 2 amide bonds. The van der Waals surface area contributed by atoms with Crippen LogP contribution in [0, 0.1) is 23.2 Å². The van der Waals surface area contributed by atoms with Crippen molar-refractivity contribution >= 4 is 39.8 Å². The lowest BCUT2D eigenvalue weighted by atomic mass is 9.85. The Hall–Kier alpha value is -1.64. The molecular formula is C17H15ClN2O2S. The molecule has 23 heavy (non-hydrogen) atoms. The van der Waals surface area contributed by atoms with Gasteiger partial charge in [-0.1, -0.05) is 17.7 Å². The fraction of sp³-hybridized carbons (Fsp3) is 0.471. The van der Waals surface area contributed by atoms with E-state index in [1.54, 1.807) is 0 Å². The van der Waals surface area contributed by atoms with Crippen LogP contribution in [0.25, 0.3) is 0 Å². The topological polar surface area (TPSA) is 61.2 Å². The number of hydrogen-bond acceptors (Lipinski definition) is 4. The normalized spacial score (nSPS) is 26.6. The molecule has 0 bridgehead atoms. The number of aryl methyl sites for hydroxylation is 1. The highest BCUT2D eigenvalue weighted by Gasteiger charge is 2.50. The van der Waals surface area contributed by atoms with E-state index in [0.717, 1.165) is 36.1 Å². The van der Waals surface area contributed by atoms with Crippen molar-refractivity contribution in [1.82, 2.24) is 0 Å².